The summed E-state index contributed by atoms with van der Waals surface area (Å²) >= 11 is 2.27. The summed E-state index contributed by atoms with van der Waals surface area (Å²) in [5.74, 6) is 0. The molecule has 0 atom stereocenters. The van der Waals surface area contributed by atoms with Crippen LogP contribution in [-0.2, 0) is 0 Å². The lowest BCUT2D eigenvalue weighted by Gasteiger charge is -2.27. The number of nitrogens with one attached hydrogen (secondary N) is 1. The van der Waals surface area contributed by atoms with Crippen molar-refractivity contribution < 1.29 is 5.11 Å². The second kappa shape index (κ2) is 6.10. The summed E-state index contributed by atoms with van der Waals surface area (Å²) in [5.41, 5.74) is 7.02. The Kier molecular flexibility index (Phi) is 4.72. The van der Waals surface area contributed by atoms with Gasteiger partial charge >= 0.3 is 0 Å². The molecular weight excluding hydrogens is 339 g/mol. The molecule has 0 unspecified atom stereocenters. The van der Waals surface area contributed by atoms with Crippen molar-refractivity contribution in [2.24, 2.45) is 0 Å². The van der Waals surface area contributed by atoms with Crippen molar-refractivity contribution >= 4 is 34.0 Å². The summed E-state index contributed by atoms with van der Waals surface area (Å²) in [6, 6.07) is 5.82. The minimum absolute atomic E-state index is 0.541. The zero-order valence-corrected chi connectivity index (χ0v) is 12.7. The van der Waals surface area contributed by atoms with E-state index in [2.05, 4.69) is 27.9 Å². The average Bonchev–Trinajstić information content (AvgIpc) is 2.54. The number of rotatable bonds is 3. The van der Waals surface area contributed by atoms with Gasteiger partial charge in [0.05, 0.1) is 5.60 Å². The summed E-state index contributed by atoms with van der Waals surface area (Å²) in [6.07, 6.45) is 6.59. The van der Waals surface area contributed by atoms with Crippen molar-refractivity contribution in [3.63, 3.8) is 0 Å². The smallest absolute Gasteiger partial charge is 0.0819 e. The van der Waals surface area contributed by atoms with Gasteiger partial charge < -0.3 is 16.2 Å². The Balaban J connectivity index is 1.97. The molecule has 1 aliphatic carbocycles. The number of hydrogen-bond acceptors (Lipinski definition) is 3. The van der Waals surface area contributed by atoms with Crippen molar-refractivity contribution in [3.8, 4) is 0 Å². The molecule has 0 aromatic heterocycles. The molecule has 0 saturated heterocycles. The molecule has 1 fully saturated rings. The van der Waals surface area contributed by atoms with Gasteiger partial charge in [-0.1, -0.05) is 25.7 Å². The fraction of sp³-hybridized carbons (Fsp3) is 0.571. The van der Waals surface area contributed by atoms with Gasteiger partial charge in [0.1, 0.15) is 0 Å². The van der Waals surface area contributed by atoms with Crippen LogP contribution in [0.25, 0.3) is 0 Å². The summed E-state index contributed by atoms with van der Waals surface area (Å²) in [4.78, 5) is 0. The molecule has 18 heavy (non-hydrogen) atoms. The van der Waals surface area contributed by atoms with Crippen LogP contribution in [0.3, 0.4) is 0 Å². The number of nitrogens with two attached hydrogens (primary N) is 1. The lowest BCUT2D eigenvalue weighted by molar-refractivity contribution is 0.0381. The molecule has 0 radical (unpaired) electrons. The zero-order chi connectivity index (χ0) is 13.0. The molecule has 2 rings (SSSR count). The lowest BCUT2D eigenvalue weighted by atomic mass is 9.94. The monoisotopic (exact) mass is 360 g/mol. The maximum absolute atomic E-state index is 10.6. The second-order valence-corrected chi connectivity index (χ2v) is 6.39. The summed E-state index contributed by atoms with van der Waals surface area (Å²) in [5, 5.41) is 13.9. The molecule has 1 aliphatic rings. The van der Waals surface area contributed by atoms with Crippen LogP contribution in [0.5, 0.6) is 0 Å². The van der Waals surface area contributed by atoms with Crippen LogP contribution in [-0.4, -0.2) is 17.3 Å². The van der Waals surface area contributed by atoms with Crippen molar-refractivity contribution in [2.75, 3.05) is 17.6 Å². The number of aliphatic hydroxyl groups is 1. The average molecular weight is 360 g/mol. The van der Waals surface area contributed by atoms with Gasteiger partial charge in [0.15, 0.2) is 0 Å². The Labute approximate surface area is 122 Å². The van der Waals surface area contributed by atoms with Crippen LogP contribution in [0.4, 0.5) is 11.4 Å². The highest BCUT2D eigenvalue weighted by Crippen LogP contribution is 2.28. The van der Waals surface area contributed by atoms with Gasteiger partial charge in [0.2, 0.25) is 0 Å². The quantitative estimate of drug-likeness (QED) is 0.440. The van der Waals surface area contributed by atoms with Crippen molar-refractivity contribution in [1.29, 1.82) is 0 Å². The van der Waals surface area contributed by atoms with E-state index < -0.39 is 5.60 Å². The van der Waals surface area contributed by atoms with E-state index in [0.717, 1.165) is 40.6 Å². The lowest BCUT2D eigenvalue weighted by Crippen LogP contribution is -2.36. The molecule has 0 spiro atoms. The van der Waals surface area contributed by atoms with Crippen molar-refractivity contribution in [2.45, 2.75) is 44.1 Å². The van der Waals surface area contributed by atoms with Crippen molar-refractivity contribution in [3.05, 3.63) is 21.8 Å². The maximum atomic E-state index is 10.6. The third kappa shape index (κ3) is 3.75. The number of anilines is 2. The topological polar surface area (TPSA) is 58.3 Å². The normalized spacial score (nSPS) is 19.2. The van der Waals surface area contributed by atoms with E-state index in [-0.39, 0.29) is 0 Å². The summed E-state index contributed by atoms with van der Waals surface area (Å²) in [6.45, 7) is 0.632. The number of benzene rings is 1. The van der Waals surface area contributed by atoms with E-state index in [1.807, 2.05) is 18.2 Å². The van der Waals surface area contributed by atoms with E-state index in [4.69, 9.17) is 5.73 Å². The Morgan fingerprint density at radius 2 is 1.89 bits per heavy atom. The highest BCUT2D eigenvalue weighted by atomic mass is 127. The first kappa shape index (κ1) is 13.9. The van der Waals surface area contributed by atoms with Gasteiger partial charge in [-0.25, -0.2) is 0 Å². The van der Waals surface area contributed by atoms with Gasteiger partial charge in [0, 0.05) is 21.5 Å². The third-order valence-corrected chi connectivity index (χ3v) is 4.53. The van der Waals surface area contributed by atoms with E-state index in [9.17, 15) is 5.11 Å². The molecule has 0 amide bonds. The molecule has 3 nitrogen and oxygen atoms in total. The Hall–Kier alpha value is -0.490. The molecule has 4 N–H and O–H groups in total. The van der Waals surface area contributed by atoms with Crippen LogP contribution in [0.2, 0.25) is 0 Å². The van der Waals surface area contributed by atoms with Gasteiger partial charge in [0.25, 0.3) is 0 Å². The zero-order valence-electron chi connectivity index (χ0n) is 10.6. The molecule has 100 valence electrons. The Morgan fingerprint density at radius 3 is 2.50 bits per heavy atom. The number of nitrogen functional groups attached to an aromatic ring is 1. The minimum atomic E-state index is -0.541. The Bertz CT molecular complexity index is 401. The number of hydrogen-bond donors (Lipinski definition) is 3. The van der Waals surface area contributed by atoms with E-state index in [0.29, 0.717) is 6.54 Å². The van der Waals surface area contributed by atoms with Crippen LogP contribution >= 0.6 is 22.6 Å². The van der Waals surface area contributed by atoms with Gasteiger partial charge in [-0.3, -0.25) is 0 Å². The fourth-order valence-corrected chi connectivity index (χ4v) is 3.23. The highest BCUT2D eigenvalue weighted by molar-refractivity contribution is 14.1. The van der Waals surface area contributed by atoms with Crippen molar-refractivity contribution in [1.82, 2.24) is 0 Å². The SMILES string of the molecule is Nc1ccc(NCC2(O)CCCCCC2)c(I)c1. The maximum Gasteiger partial charge on any atom is 0.0819 e. The van der Waals surface area contributed by atoms with Crippen LogP contribution in [0, 0.1) is 3.57 Å². The number of halogens is 1. The molecule has 1 aromatic rings. The van der Waals surface area contributed by atoms with E-state index >= 15 is 0 Å². The van der Waals surface area contributed by atoms with E-state index in [1.165, 1.54) is 12.8 Å². The van der Waals surface area contributed by atoms with E-state index in [1.54, 1.807) is 0 Å². The Morgan fingerprint density at radius 1 is 1.22 bits per heavy atom. The fourth-order valence-electron chi connectivity index (χ4n) is 2.50. The summed E-state index contributed by atoms with van der Waals surface area (Å²) < 4.78 is 1.10. The van der Waals surface area contributed by atoms with Crippen LogP contribution < -0.4 is 11.1 Å². The highest BCUT2D eigenvalue weighted by Gasteiger charge is 2.27. The first-order valence-electron chi connectivity index (χ1n) is 6.60. The molecule has 0 bridgehead atoms. The second-order valence-electron chi connectivity index (χ2n) is 5.23. The first-order chi connectivity index (χ1) is 8.59. The molecule has 4 heteroatoms. The molecule has 1 aromatic carbocycles. The predicted octanol–water partition coefficient (Wildman–Crippen LogP) is 3.37. The predicted molar refractivity (Wildman–Crippen MR) is 84.7 cm³/mol. The summed E-state index contributed by atoms with van der Waals surface area (Å²) in [7, 11) is 0. The molecule has 1 saturated carbocycles. The van der Waals surface area contributed by atoms with Crippen LogP contribution in [0.15, 0.2) is 18.2 Å². The third-order valence-electron chi connectivity index (χ3n) is 3.64. The first-order valence-corrected chi connectivity index (χ1v) is 7.68. The van der Waals surface area contributed by atoms with Gasteiger partial charge in [-0.05, 0) is 53.6 Å². The standard InChI is InChI=1S/C14H21IN2O/c15-12-9-11(16)5-6-13(12)17-10-14(18)7-3-1-2-4-8-14/h5-6,9,17-18H,1-4,7-8,10,16H2. The minimum Gasteiger partial charge on any atom is -0.399 e. The largest absolute Gasteiger partial charge is 0.399 e. The molecule has 0 heterocycles. The van der Waals surface area contributed by atoms with Gasteiger partial charge in [-0.2, -0.15) is 0 Å². The molecule has 0 aliphatic heterocycles. The van der Waals surface area contributed by atoms with Crippen LogP contribution in [0.1, 0.15) is 38.5 Å². The molecular formula is C14H21IN2O. The van der Waals surface area contributed by atoms with Gasteiger partial charge in [-0.15, -0.1) is 0 Å².